The van der Waals surface area contributed by atoms with Crippen LogP contribution in [0.5, 0.6) is 0 Å². The molecule has 0 fully saturated rings. The van der Waals surface area contributed by atoms with E-state index in [2.05, 4.69) is 106 Å². The van der Waals surface area contributed by atoms with E-state index in [9.17, 15) is 25.9 Å². The topological polar surface area (TPSA) is 141 Å². The number of nitrogens with zero attached hydrogens (tertiary/aromatic N) is 2. The third-order valence-corrected chi connectivity index (χ3v) is 9.60. The van der Waals surface area contributed by atoms with E-state index >= 15 is 0 Å². The molecule has 2 heterocycles. The summed E-state index contributed by atoms with van der Waals surface area (Å²) in [6.45, 7) is 4.45. The van der Waals surface area contributed by atoms with Crippen LogP contribution in [0.15, 0.2) is 60.7 Å². The van der Waals surface area contributed by atoms with Crippen molar-refractivity contribution in [2.75, 3.05) is 14.2 Å². The van der Waals surface area contributed by atoms with Gasteiger partial charge in [-0.3, -0.25) is 8.37 Å². The lowest BCUT2D eigenvalue weighted by molar-refractivity contribution is -0.683. The van der Waals surface area contributed by atoms with Crippen molar-refractivity contribution in [3.05, 3.63) is 82.1 Å². The van der Waals surface area contributed by atoms with Crippen LogP contribution in [0.25, 0.3) is 20.9 Å². The van der Waals surface area contributed by atoms with Gasteiger partial charge in [-0.1, -0.05) is 83.3 Å². The fourth-order valence-corrected chi connectivity index (χ4v) is 6.07. The number of benzene rings is 2. The van der Waals surface area contributed by atoms with E-state index in [0.29, 0.717) is 0 Å². The molecule has 4 aromatic rings. The summed E-state index contributed by atoms with van der Waals surface area (Å²) in [5, 5.41) is 2.87. The van der Waals surface area contributed by atoms with E-state index in [0.717, 1.165) is 27.1 Å². The van der Waals surface area contributed by atoms with Gasteiger partial charge in [0.15, 0.2) is 11.4 Å². The summed E-state index contributed by atoms with van der Waals surface area (Å²) < 4.78 is 66.8. The molecule has 10 nitrogen and oxygen atoms in total. The number of thiazole rings is 2. The molecule has 2 aromatic carbocycles. The Morgan fingerprint density at radius 1 is 0.650 bits per heavy atom. The molecule has 0 saturated carbocycles. The quantitative estimate of drug-likeness (QED) is 0.172. The second-order valence-corrected chi connectivity index (χ2v) is 12.8. The normalized spacial score (nSPS) is 11.3. The monoisotopic (exact) mass is 628 g/mol. The predicted octanol–water partition coefficient (Wildman–Crippen LogP) is 3.38. The summed E-state index contributed by atoms with van der Waals surface area (Å²) in [5.74, 6) is 0. The number of hydrogen-bond acceptors (Lipinski definition) is 10. The lowest BCUT2D eigenvalue weighted by Crippen LogP contribution is -2.36. The first kappa shape index (κ1) is 33.6. The molecule has 0 atom stereocenters. The van der Waals surface area contributed by atoms with Gasteiger partial charge in [-0.2, -0.15) is 9.13 Å². The van der Waals surface area contributed by atoms with E-state index in [1.165, 1.54) is 42.3 Å². The van der Waals surface area contributed by atoms with Crippen LogP contribution in [0, 0.1) is 13.8 Å². The Morgan fingerprint density at radius 2 is 0.925 bits per heavy atom. The summed E-state index contributed by atoms with van der Waals surface area (Å²) in [4.78, 5) is 2.77. The molecule has 0 aliphatic carbocycles. The van der Waals surface area contributed by atoms with Crippen LogP contribution >= 0.6 is 22.7 Å². The van der Waals surface area contributed by atoms with Crippen LogP contribution < -0.4 is 9.13 Å². The highest BCUT2D eigenvalue weighted by atomic mass is 32.3. The summed E-state index contributed by atoms with van der Waals surface area (Å²) in [6.07, 6.45) is 2.13. The fraction of sp³-hybridized carbons (Fsp3) is 0.308. The lowest BCUT2D eigenvalue weighted by atomic mass is 10.1. The van der Waals surface area contributed by atoms with Crippen molar-refractivity contribution >= 4 is 43.5 Å². The van der Waals surface area contributed by atoms with Crippen molar-refractivity contribution in [3.8, 4) is 20.9 Å². The Labute approximate surface area is 244 Å². The molecule has 0 aliphatic heterocycles. The van der Waals surface area contributed by atoms with Gasteiger partial charge in [-0.25, -0.2) is 16.8 Å². The maximum Gasteiger partial charge on any atom is 0.238 e. The average Bonchev–Trinajstić information content (AvgIpc) is 3.38. The van der Waals surface area contributed by atoms with Crippen LogP contribution in [-0.4, -0.2) is 40.2 Å². The highest BCUT2D eigenvalue weighted by Gasteiger charge is 2.25. The summed E-state index contributed by atoms with van der Waals surface area (Å²) in [5.41, 5.74) is 5.33. The molecule has 0 N–H and O–H groups in total. The van der Waals surface area contributed by atoms with Crippen molar-refractivity contribution in [2.24, 2.45) is 14.1 Å². The Balaban J connectivity index is 0.000000393. The predicted molar refractivity (Wildman–Crippen MR) is 152 cm³/mol. The minimum absolute atomic E-state index is 0.808. The molecule has 0 bridgehead atoms. The van der Waals surface area contributed by atoms with E-state index < -0.39 is 20.8 Å². The zero-order valence-corrected chi connectivity index (χ0v) is 26.2. The van der Waals surface area contributed by atoms with E-state index in [1.54, 1.807) is 0 Å². The van der Waals surface area contributed by atoms with Gasteiger partial charge in [-0.15, -0.1) is 0 Å². The maximum absolute atomic E-state index is 9.22. The Morgan fingerprint density at radius 3 is 1.18 bits per heavy atom. The van der Waals surface area contributed by atoms with Crippen molar-refractivity contribution in [3.63, 3.8) is 0 Å². The SMILES string of the molecule is COS(=O)(=O)[O-].COS(=O)(=O)[O-].Cc1c(-c2ccccc2)sc(CCc2sc(-c3ccccc3)c(C)[n+]2C)[n+]1C. The third kappa shape index (κ3) is 10.1. The van der Waals surface area contributed by atoms with Crippen LogP contribution in [0.1, 0.15) is 21.4 Å². The summed E-state index contributed by atoms with van der Waals surface area (Å²) in [7, 11) is -2.81. The molecular formula is C26H32N2O8S4. The van der Waals surface area contributed by atoms with Crippen LogP contribution in [0.4, 0.5) is 0 Å². The number of aromatic nitrogens is 2. The fourth-order valence-electron chi connectivity index (χ4n) is 3.57. The van der Waals surface area contributed by atoms with Gasteiger partial charge < -0.3 is 9.11 Å². The van der Waals surface area contributed by atoms with Crippen LogP contribution in [0.2, 0.25) is 0 Å². The van der Waals surface area contributed by atoms with Crippen LogP contribution in [-0.2, 0) is 56.1 Å². The van der Waals surface area contributed by atoms with E-state index in [-0.39, 0.29) is 0 Å². The summed E-state index contributed by atoms with van der Waals surface area (Å²) >= 11 is 3.86. The first-order chi connectivity index (χ1) is 18.7. The number of hydrogen-bond donors (Lipinski definition) is 0. The van der Waals surface area contributed by atoms with Gasteiger partial charge in [0.05, 0.1) is 27.1 Å². The second kappa shape index (κ2) is 14.9. The van der Waals surface area contributed by atoms with Gasteiger partial charge in [-0.05, 0) is 11.1 Å². The smallest absolute Gasteiger partial charge is 0.238 e. The minimum atomic E-state index is -4.41. The highest BCUT2D eigenvalue weighted by molar-refractivity contribution is 7.81. The van der Waals surface area contributed by atoms with Gasteiger partial charge in [0.2, 0.25) is 30.8 Å². The highest BCUT2D eigenvalue weighted by Crippen LogP contribution is 2.31. The van der Waals surface area contributed by atoms with Crippen molar-refractivity contribution in [1.29, 1.82) is 0 Å². The average molecular weight is 629 g/mol. The zero-order chi connectivity index (χ0) is 30.1. The largest absolute Gasteiger partial charge is 0.726 e. The Bertz CT molecular complexity index is 1480. The number of rotatable bonds is 7. The third-order valence-electron chi connectivity index (χ3n) is 5.88. The van der Waals surface area contributed by atoms with E-state index in [4.69, 9.17) is 0 Å². The second-order valence-electron chi connectivity index (χ2n) is 8.32. The molecule has 40 heavy (non-hydrogen) atoms. The molecule has 2 aromatic heterocycles. The number of aryl methyl sites for hydroxylation is 2. The van der Waals surface area contributed by atoms with Gasteiger partial charge in [0.1, 0.15) is 23.8 Å². The molecule has 14 heteroatoms. The molecule has 0 aliphatic rings. The summed E-state index contributed by atoms with van der Waals surface area (Å²) in [6, 6.07) is 21.5. The first-order valence-corrected chi connectivity index (χ1v) is 16.1. The van der Waals surface area contributed by atoms with Crippen molar-refractivity contribution in [1.82, 2.24) is 0 Å². The zero-order valence-electron chi connectivity index (χ0n) is 23.0. The van der Waals surface area contributed by atoms with Gasteiger partial charge >= 0.3 is 0 Å². The molecule has 218 valence electrons. The molecule has 0 radical (unpaired) electrons. The Hall–Kier alpha value is -2.56. The van der Waals surface area contributed by atoms with E-state index in [1.807, 2.05) is 22.7 Å². The van der Waals surface area contributed by atoms with Crippen molar-refractivity contribution in [2.45, 2.75) is 26.7 Å². The minimum Gasteiger partial charge on any atom is -0.726 e. The maximum atomic E-state index is 9.22. The van der Waals surface area contributed by atoms with Crippen molar-refractivity contribution < 1.29 is 43.4 Å². The van der Waals surface area contributed by atoms with Crippen LogP contribution in [0.3, 0.4) is 0 Å². The molecule has 0 saturated heterocycles. The van der Waals surface area contributed by atoms with Gasteiger partial charge in [0.25, 0.3) is 0 Å². The first-order valence-electron chi connectivity index (χ1n) is 11.8. The Kier molecular flexibility index (Phi) is 12.5. The standard InChI is InChI=1S/C24H26N2S2.2CH4O4S/c1-17-23(19-11-7-5-8-12-19)27-21(25(17)3)15-16-22-26(4)18(2)24(28-22)20-13-9-6-10-14-20;2*1-5-6(2,3)4/h5-14H,15-16H2,1-4H3;2*1H3,(H,2,3,4)/q+2;;/p-2. The molecular weight excluding hydrogens is 597 g/mol. The molecule has 0 spiro atoms. The molecule has 0 amide bonds. The lowest BCUT2D eigenvalue weighted by Gasteiger charge is -1.98. The molecule has 4 rings (SSSR count). The molecule has 0 unspecified atom stereocenters. The van der Waals surface area contributed by atoms with Gasteiger partial charge in [0, 0.05) is 13.8 Å².